The molecule has 0 saturated carbocycles. The van der Waals surface area contributed by atoms with Gasteiger partial charge in [0.05, 0.1) is 4.92 Å². The molecule has 0 radical (unpaired) electrons. The van der Waals surface area contributed by atoms with E-state index in [-0.39, 0.29) is 17.2 Å². The first-order valence-corrected chi connectivity index (χ1v) is 8.90. The molecule has 0 aliphatic carbocycles. The number of nitrogens with one attached hydrogen (secondary N) is 1. The minimum atomic E-state index is -0.496. The van der Waals surface area contributed by atoms with Crippen LogP contribution in [0.2, 0.25) is 0 Å². The number of carbonyl (C=O) groups is 2. The fraction of sp³-hybridized carbons (Fsp3) is 0.300. The van der Waals surface area contributed by atoms with Crippen molar-refractivity contribution in [2.75, 3.05) is 16.8 Å². The van der Waals surface area contributed by atoms with Crippen molar-refractivity contribution in [1.29, 1.82) is 0 Å². The van der Waals surface area contributed by atoms with Crippen LogP contribution in [-0.2, 0) is 11.2 Å². The Hall–Kier alpha value is -3.22. The highest BCUT2D eigenvalue weighted by molar-refractivity contribution is 6.05. The maximum Gasteiger partial charge on any atom is 0.273 e. The predicted octanol–water partition coefficient (Wildman–Crippen LogP) is 3.84. The molecule has 2 aromatic rings. The first-order chi connectivity index (χ1) is 12.9. The van der Waals surface area contributed by atoms with Gasteiger partial charge in [0.1, 0.15) is 0 Å². The Morgan fingerprint density at radius 2 is 2.00 bits per heavy atom. The number of nitro groups is 1. The van der Waals surface area contributed by atoms with Crippen LogP contribution in [0.25, 0.3) is 0 Å². The fourth-order valence-electron chi connectivity index (χ4n) is 3.26. The lowest BCUT2D eigenvalue weighted by Gasteiger charge is -2.29. The molecule has 1 aliphatic rings. The van der Waals surface area contributed by atoms with Crippen LogP contribution < -0.4 is 10.2 Å². The summed E-state index contributed by atoms with van der Waals surface area (Å²) in [6, 6.07) is 9.87. The van der Waals surface area contributed by atoms with Gasteiger partial charge in [0, 0.05) is 41.5 Å². The summed E-state index contributed by atoms with van der Waals surface area (Å²) in [6.45, 7) is 4.33. The molecule has 0 bridgehead atoms. The van der Waals surface area contributed by atoms with E-state index in [1.807, 2.05) is 19.1 Å². The number of fused-ring (bicyclic) bond motifs is 1. The second kappa shape index (κ2) is 7.57. The van der Waals surface area contributed by atoms with Crippen LogP contribution in [0.4, 0.5) is 17.1 Å². The third-order valence-electron chi connectivity index (χ3n) is 4.65. The van der Waals surface area contributed by atoms with Gasteiger partial charge in [0.25, 0.3) is 11.6 Å². The highest BCUT2D eigenvalue weighted by Gasteiger charge is 2.24. The van der Waals surface area contributed by atoms with Crippen molar-refractivity contribution in [2.24, 2.45) is 0 Å². The largest absolute Gasteiger partial charge is 0.322 e. The summed E-state index contributed by atoms with van der Waals surface area (Å²) in [4.78, 5) is 37.0. The molecule has 0 fully saturated rings. The number of anilines is 2. The SMILES string of the molecule is CCCN1C(=O)CCc2cc(NC(=O)c3ccc(C)c([N+](=O)[O-])c3)ccc21. The van der Waals surface area contributed by atoms with E-state index in [0.717, 1.165) is 17.7 Å². The van der Waals surface area contributed by atoms with Gasteiger partial charge in [0.2, 0.25) is 5.91 Å². The maximum absolute atomic E-state index is 12.5. The third-order valence-corrected chi connectivity index (χ3v) is 4.65. The van der Waals surface area contributed by atoms with Crippen LogP contribution in [0.5, 0.6) is 0 Å². The maximum atomic E-state index is 12.5. The van der Waals surface area contributed by atoms with Gasteiger partial charge in [-0.05, 0) is 49.6 Å². The minimum absolute atomic E-state index is 0.0817. The first kappa shape index (κ1) is 18.6. The Morgan fingerprint density at radius 3 is 2.70 bits per heavy atom. The van der Waals surface area contributed by atoms with Crippen LogP contribution in [0.1, 0.15) is 41.3 Å². The average Bonchev–Trinajstić information content (AvgIpc) is 2.64. The Bertz CT molecular complexity index is 923. The lowest BCUT2D eigenvalue weighted by molar-refractivity contribution is -0.385. The van der Waals surface area contributed by atoms with E-state index >= 15 is 0 Å². The van der Waals surface area contributed by atoms with Crippen LogP contribution in [0, 0.1) is 17.0 Å². The molecule has 2 aromatic carbocycles. The molecule has 1 N–H and O–H groups in total. The lowest BCUT2D eigenvalue weighted by Crippen LogP contribution is -2.35. The summed E-state index contributed by atoms with van der Waals surface area (Å²) in [7, 11) is 0. The molecule has 0 atom stereocenters. The van der Waals surface area contributed by atoms with Gasteiger partial charge in [-0.3, -0.25) is 19.7 Å². The smallest absolute Gasteiger partial charge is 0.273 e. The summed E-state index contributed by atoms with van der Waals surface area (Å²) in [5.74, 6) is -0.288. The zero-order chi connectivity index (χ0) is 19.6. The molecule has 0 aromatic heterocycles. The van der Waals surface area contributed by atoms with Crippen LogP contribution in [0.15, 0.2) is 36.4 Å². The van der Waals surface area contributed by atoms with Crippen molar-refractivity contribution in [2.45, 2.75) is 33.1 Å². The number of aryl methyl sites for hydroxylation is 2. The van der Waals surface area contributed by atoms with Gasteiger partial charge >= 0.3 is 0 Å². The molecule has 0 spiro atoms. The molecule has 3 rings (SSSR count). The van der Waals surface area contributed by atoms with Gasteiger partial charge in [-0.1, -0.05) is 13.0 Å². The lowest BCUT2D eigenvalue weighted by atomic mass is 10.00. The number of rotatable bonds is 5. The predicted molar refractivity (Wildman–Crippen MR) is 103 cm³/mol. The van der Waals surface area contributed by atoms with E-state index in [1.54, 1.807) is 30.0 Å². The summed E-state index contributed by atoms with van der Waals surface area (Å²) in [5, 5.41) is 13.9. The first-order valence-electron chi connectivity index (χ1n) is 8.90. The number of hydrogen-bond acceptors (Lipinski definition) is 4. The molecule has 1 aliphatic heterocycles. The molecule has 27 heavy (non-hydrogen) atoms. The number of amides is 2. The molecule has 2 amide bonds. The van der Waals surface area contributed by atoms with Gasteiger partial charge in [-0.2, -0.15) is 0 Å². The van der Waals surface area contributed by atoms with E-state index < -0.39 is 10.8 Å². The van der Waals surface area contributed by atoms with Crippen LogP contribution >= 0.6 is 0 Å². The normalized spacial score (nSPS) is 13.3. The fourth-order valence-corrected chi connectivity index (χ4v) is 3.26. The van der Waals surface area contributed by atoms with Crippen molar-refractivity contribution in [3.05, 3.63) is 63.2 Å². The quantitative estimate of drug-likeness (QED) is 0.642. The standard InChI is InChI=1S/C20H21N3O4/c1-3-10-22-17-8-7-16(11-14(17)6-9-19(22)24)21-20(25)15-5-4-13(2)18(12-15)23(26)27/h4-5,7-8,11-12H,3,6,9-10H2,1-2H3,(H,21,25). The molecule has 7 heteroatoms. The van der Waals surface area contributed by atoms with Gasteiger partial charge in [0.15, 0.2) is 0 Å². The Balaban J connectivity index is 1.83. The molecular weight excluding hydrogens is 346 g/mol. The Kier molecular flexibility index (Phi) is 5.21. The Morgan fingerprint density at radius 1 is 1.22 bits per heavy atom. The van der Waals surface area contributed by atoms with Crippen molar-refractivity contribution in [1.82, 2.24) is 0 Å². The molecule has 1 heterocycles. The van der Waals surface area contributed by atoms with E-state index in [2.05, 4.69) is 5.32 Å². The van der Waals surface area contributed by atoms with Crippen molar-refractivity contribution >= 4 is 28.9 Å². The molecule has 140 valence electrons. The molecule has 0 saturated heterocycles. The number of nitrogens with zero attached hydrogens (tertiary/aromatic N) is 2. The van der Waals surface area contributed by atoms with Crippen molar-refractivity contribution in [3.63, 3.8) is 0 Å². The van der Waals surface area contributed by atoms with Gasteiger partial charge in [-0.25, -0.2) is 0 Å². The third kappa shape index (κ3) is 3.81. The van der Waals surface area contributed by atoms with Crippen LogP contribution in [-0.4, -0.2) is 23.3 Å². The topological polar surface area (TPSA) is 92.6 Å². The summed E-state index contributed by atoms with van der Waals surface area (Å²) < 4.78 is 0. The van der Waals surface area contributed by atoms with Gasteiger partial charge in [-0.15, -0.1) is 0 Å². The zero-order valence-electron chi connectivity index (χ0n) is 15.3. The second-order valence-electron chi connectivity index (χ2n) is 6.60. The summed E-state index contributed by atoms with van der Waals surface area (Å²) >= 11 is 0. The zero-order valence-corrected chi connectivity index (χ0v) is 15.3. The van der Waals surface area contributed by atoms with E-state index in [1.165, 1.54) is 6.07 Å². The highest BCUT2D eigenvalue weighted by atomic mass is 16.6. The number of nitro benzene ring substituents is 1. The molecule has 7 nitrogen and oxygen atoms in total. The summed E-state index contributed by atoms with van der Waals surface area (Å²) in [6.07, 6.45) is 1.96. The number of benzene rings is 2. The van der Waals surface area contributed by atoms with E-state index in [9.17, 15) is 19.7 Å². The molecular formula is C20H21N3O4. The number of carbonyl (C=O) groups excluding carboxylic acids is 2. The average molecular weight is 367 g/mol. The van der Waals surface area contributed by atoms with Crippen molar-refractivity contribution < 1.29 is 14.5 Å². The van der Waals surface area contributed by atoms with Crippen LogP contribution in [0.3, 0.4) is 0 Å². The summed E-state index contributed by atoms with van der Waals surface area (Å²) in [5.41, 5.74) is 3.15. The highest BCUT2D eigenvalue weighted by Crippen LogP contribution is 2.30. The minimum Gasteiger partial charge on any atom is -0.322 e. The van der Waals surface area contributed by atoms with Gasteiger partial charge < -0.3 is 10.2 Å². The monoisotopic (exact) mass is 367 g/mol. The van der Waals surface area contributed by atoms with Crippen molar-refractivity contribution in [3.8, 4) is 0 Å². The van der Waals surface area contributed by atoms with E-state index in [4.69, 9.17) is 0 Å². The number of hydrogen-bond donors (Lipinski definition) is 1. The Labute approximate surface area is 157 Å². The second-order valence-corrected chi connectivity index (χ2v) is 6.60. The molecule has 0 unspecified atom stereocenters. The van der Waals surface area contributed by atoms with E-state index in [0.29, 0.717) is 30.6 Å².